The van der Waals surface area contributed by atoms with Crippen LogP contribution < -0.4 is 10.1 Å². The van der Waals surface area contributed by atoms with Gasteiger partial charge in [-0.1, -0.05) is 28.1 Å². The molecule has 3 rings (SSSR count). The van der Waals surface area contributed by atoms with Crippen molar-refractivity contribution in [2.75, 3.05) is 12.4 Å². The highest BCUT2D eigenvalue weighted by molar-refractivity contribution is 9.10. The van der Waals surface area contributed by atoms with Gasteiger partial charge in [0, 0.05) is 20.2 Å². The van der Waals surface area contributed by atoms with Crippen molar-refractivity contribution in [3.8, 4) is 5.75 Å². The van der Waals surface area contributed by atoms with Crippen molar-refractivity contribution in [3.05, 3.63) is 86.0 Å². The van der Waals surface area contributed by atoms with E-state index < -0.39 is 15.9 Å². The Balaban J connectivity index is 1.84. The first-order chi connectivity index (χ1) is 13.8. The summed E-state index contributed by atoms with van der Waals surface area (Å²) in [6.45, 7) is 0. The van der Waals surface area contributed by atoms with E-state index in [1.807, 2.05) is 0 Å². The van der Waals surface area contributed by atoms with Gasteiger partial charge in [0.25, 0.3) is 5.91 Å². The second-order valence-corrected chi connectivity index (χ2v) is 9.21. The van der Waals surface area contributed by atoms with Crippen molar-refractivity contribution in [2.24, 2.45) is 0 Å². The average Bonchev–Trinajstić information content (AvgIpc) is 2.70. The lowest BCUT2D eigenvalue weighted by Crippen LogP contribution is -2.13. The average molecular weight is 539 g/mol. The number of anilines is 1. The smallest absolute Gasteiger partial charge is 0.255 e. The van der Waals surface area contributed by atoms with Crippen LogP contribution in [-0.2, 0) is 10.0 Å². The van der Waals surface area contributed by atoms with Gasteiger partial charge in [0.2, 0.25) is 0 Å². The number of ether oxygens (including phenoxy) is 1. The van der Waals surface area contributed by atoms with Crippen LogP contribution in [0, 0.1) is 0 Å². The van der Waals surface area contributed by atoms with Gasteiger partial charge in [0.1, 0.15) is 15.8 Å². The number of carbonyl (C=O) groups excluding carboxylic acids is 1. The molecule has 0 aromatic heterocycles. The second-order valence-electron chi connectivity index (χ2n) is 5.87. The molecule has 0 radical (unpaired) electrons. The molecule has 9 heteroatoms. The number of sulfonamides is 1. The summed E-state index contributed by atoms with van der Waals surface area (Å²) in [6, 6.07) is 17.7. The standard InChI is InChI=1S/C20H15Br2N2O4S/c1-28-17-9-7-16(8-10-17)24-29(26,27)19-12-13(2-11-18(19)22)20(25)23-15-5-3-14(21)4-6-15/h2-12H,1H3,(H,23,25)/q-1. The molecule has 0 aliphatic rings. The minimum atomic E-state index is -4.05. The number of nitrogens with one attached hydrogen (secondary N) is 1. The molecule has 1 N–H and O–H groups in total. The molecule has 0 aliphatic heterocycles. The Labute approximate surface area is 185 Å². The fraction of sp³-hybridized carbons (Fsp3) is 0.0500. The number of hydrogen-bond donors (Lipinski definition) is 1. The highest BCUT2D eigenvalue weighted by Crippen LogP contribution is 2.33. The quantitative estimate of drug-likeness (QED) is 0.425. The predicted octanol–water partition coefficient (Wildman–Crippen LogP) is 5.87. The van der Waals surface area contributed by atoms with Gasteiger partial charge in [-0.2, -0.15) is 0 Å². The number of methoxy groups -OCH3 is 1. The highest BCUT2D eigenvalue weighted by Gasteiger charge is 2.15. The van der Waals surface area contributed by atoms with E-state index in [0.717, 1.165) is 4.47 Å². The first kappa shape index (κ1) is 21.4. The second kappa shape index (κ2) is 8.98. The molecule has 3 aromatic rings. The van der Waals surface area contributed by atoms with Crippen LogP contribution >= 0.6 is 31.9 Å². The first-order valence-corrected chi connectivity index (χ1v) is 11.3. The third kappa shape index (κ3) is 5.37. The molecule has 0 atom stereocenters. The van der Waals surface area contributed by atoms with E-state index in [-0.39, 0.29) is 16.1 Å². The van der Waals surface area contributed by atoms with Crippen LogP contribution in [0.4, 0.5) is 11.4 Å². The Hall–Kier alpha value is -2.36. The molecular formula is C20H15Br2N2O4S-. The van der Waals surface area contributed by atoms with Crippen LogP contribution in [-0.4, -0.2) is 21.4 Å². The molecule has 0 aliphatic carbocycles. The lowest BCUT2D eigenvalue weighted by atomic mass is 10.2. The molecule has 0 spiro atoms. The number of carbonyl (C=O) groups is 1. The van der Waals surface area contributed by atoms with Crippen LogP contribution in [0.1, 0.15) is 10.4 Å². The van der Waals surface area contributed by atoms with Gasteiger partial charge >= 0.3 is 0 Å². The van der Waals surface area contributed by atoms with E-state index in [0.29, 0.717) is 15.9 Å². The van der Waals surface area contributed by atoms with Gasteiger partial charge in [0.15, 0.2) is 0 Å². The van der Waals surface area contributed by atoms with E-state index in [9.17, 15) is 13.2 Å². The molecule has 0 saturated heterocycles. The maximum absolute atomic E-state index is 12.8. The Kier molecular flexibility index (Phi) is 6.61. The zero-order valence-corrected chi connectivity index (χ0v) is 19.1. The fourth-order valence-electron chi connectivity index (χ4n) is 2.41. The summed E-state index contributed by atoms with van der Waals surface area (Å²) in [6.07, 6.45) is 0. The van der Waals surface area contributed by atoms with Gasteiger partial charge in [-0.15, -0.1) is 5.69 Å². The number of halogens is 2. The van der Waals surface area contributed by atoms with Crippen molar-refractivity contribution in [1.29, 1.82) is 0 Å². The van der Waals surface area contributed by atoms with E-state index in [1.54, 1.807) is 36.4 Å². The molecule has 150 valence electrons. The number of nitrogens with zero attached hydrogens (tertiary/aromatic N) is 1. The Morgan fingerprint density at radius 2 is 1.62 bits per heavy atom. The molecule has 0 bridgehead atoms. The zero-order valence-electron chi connectivity index (χ0n) is 15.1. The summed E-state index contributed by atoms with van der Waals surface area (Å²) in [4.78, 5) is 12.4. The number of rotatable bonds is 6. The Morgan fingerprint density at radius 3 is 2.24 bits per heavy atom. The van der Waals surface area contributed by atoms with Crippen molar-refractivity contribution < 1.29 is 17.9 Å². The lowest BCUT2D eigenvalue weighted by Gasteiger charge is -2.23. The summed E-state index contributed by atoms with van der Waals surface area (Å²) in [7, 11) is -2.53. The van der Waals surface area contributed by atoms with E-state index in [2.05, 4.69) is 41.9 Å². The lowest BCUT2D eigenvalue weighted by molar-refractivity contribution is 0.102. The van der Waals surface area contributed by atoms with Gasteiger partial charge in [-0.05, 0) is 70.5 Å². The maximum atomic E-state index is 12.8. The topological polar surface area (TPSA) is 86.6 Å². The molecule has 0 saturated carbocycles. The summed E-state index contributed by atoms with van der Waals surface area (Å²) in [5.74, 6) is 0.162. The normalized spacial score (nSPS) is 11.0. The third-order valence-electron chi connectivity index (χ3n) is 3.87. The van der Waals surface area contributed by atoms with Crippen molar-refractivity contribution in [3.63, 3.8) is 0 Å². The van der Waals surface area contributed by atoms with Crippen LogP contribution in [0.2, 0.25) is 0 Å². The molecule has 0 unspecified atom stereocenters. The molecule has 1 amide bonds. The first-order valence-electron chi connectivity index (χ1n) is 8.27. The van der Waals surface area contributed by atoms with Gasteiger partial charge in [-0.25, -0.2) is 8.42 Å². The summed E-state index contributed by atoms with van der Waals surface area (Å²) in [5.41, 5.74) is 1.04. The number of benzene rings is 3. The molecular weight excluding hydrogens is 524 g/mol. The predicted molar refractivity (Wildman–Crippen MR) is 119 cm³/mol. The molecule has 3 aromatic carbocycles. The summed E-state index contributed by atoms with van der Waals surface area (Å²) >= 11 is 6.56. The van der Waals surface area contributed by atoms with Gasteiger partial charge < -0.3 is 14.8 Å². The van der Waals surface area contributed by atoms with Gasteiger partial charge in [0.05, 0.1) is 12.0 Å². The largest absolute Gasteiger partial charge is 0.573 e. The zero-order chi connectivity index (χ0) is 21.0. The van der Waals surface area contributed by atoms with Crippen LogP contribution in [0.25, 0.3) is 4.72 Å². The third-order valence-corrected chi connectivity index (χ3v) is 6.70. The minimum absolute atomic E-state index is 0.100. The SMILES string of the molecule is COc1ccc([N-]S(=O)(=O)c2cc(C(=O)Nc3ccc(Br)cc3)ccc2Br)cc1. The van der Waals surface area contributed by atoms with E-state index in [4.69, 9.17) is 4.74 Å². The monoisotopic (exact) mass is 537 g/mol. The Morgan fingerprint density at radius 1 is 0.966 bits per heavy atom. The number of hydrogen-bond acceptors (Lipinski definition) is 4. The fourth-order valence-corrected chi connectivity index (χ4v) is 4.62. The summed E-state index contributed by atoms with van der Waals surface area (Å²) < 4.78 is 35.7. The van der Waals surface area contributed by atoms with Crippen molar-refractivity contribution in [2.45, 2.75) is 4.90 Å². The number of amides is 1. The molecule has 0 fully saturated rings. The minimum Gasteiger partial charge on any atom is -0.573 e. The Bertz CT molecular complexity index is 1130. The van der Waals surface area contributed by atoms with E-state index >= 15 is 0 Å². The van der Waals surface area contributed by atoms with Crippen LogP contribution in [0.15, 0.2) is 80.6 Å². The highest BCUT2D eigenvalue weighted by atomic mass is 79.9. The van der Waals surface area contributed by atoms with Crippen LogP contribution in [0.5, 0.6) is 5.75 Å². The molecule has 29 heavy (non-hydrogen) atoms. The van der Waals surface area contributed by atoms with Crippen molar-refractivity contribution >= 4 is 59.2 Å². The van der Waals surface area contributed by atoms with E-state index in [1.165, 1.54) is 37.4 Å². The molecule has 6 nitrogen and oxygen atoms in total. The maximum Gasteiger partial charge on any atom is 0.255 e. The summed E-state index contributed by atoms with van der Waals surface area (Å²) in [5, 5.41) is 2.73. The van der Waals surface area contributed by atoms with Gasteiger partial charge in [-0.3, -0.25) is 4.79 Å². The molecule has 0 heterocycles. The van der Waals surface area contributed by atoms with Crippen molar-refractivity contribution in [1.82, 2.24) is 0 Å². The van der Waals surface area contributed by atoms with Crippen LogP contribution in [0.3, 0.4) is 0 Å².